The number of rotatable bonds is 5. The maximum absolute atomic E-state index is 6.14. The van der Waals surface area contributed by atoms with E-state index in [2.05, 4.69) is 0 Å². The van der Waals surface area contributed by atoms with Crippen LogP contribution >= 0.6 is 11.6 Å². The molecule has 2 aromatic carbocycles. The Hall–Kier alpha value is -1.35. The monoisotopic (exact) mass is 261 g/mol. The lowest BCUT2D eigenvalue weighted by atomic mass is 10.1. The molecule has 0 aliphatic rings. The molecule has 94 valence electrons. The largest absolute Gasteiger partial charge is 0.367 e. The zero-order valence-corrected chi connectivity index (χ0v) is 10.8. The van der Waals surface area contributed by atoms with Crippen LogP contribution in [0.2, 0.25) is 5.02 Å². The van der Waals surface area contributed by atoms with Crippen LogP contribution in [0.5, 0.6) is 0 Å². The minimum absolute atomic E-state index is 0.168. The maximum atomic E-state index is 6.14. The first kappa shape index (κ1) is 13.1. The lowest BCUT2D eigenvalue weighted by molar-refractivity contribution is 0.0457. The van der Waals surface area contributed by atoms with Gasteiger partial charge >= 0.3 is 0 Å². The number of hydrogen-bond donors (Lipinski definition) is 1. The lowest BCUT2D eigenvalue weighted by Gasteiger charge is -2.17. The molecule has 0 fully saturated rings. The van der Waals surface area contributed by atoms with E-state index in [0.717, 1.165) is 11.1 Å². The molecule has 0 aromatic heterocycles. The van der Waals surface area contributed by atoms with E-state index in [1.54, 1.807) is 0 Å². The van der Waals surface area contributed by atoms with E-state index in [1.807, 2.05) is 54.6 Å². The minimum Gasteiger partial charge on any atom is -0.367 e. The highest BCUT2D eigenvalue weighted by molar-refractivity contribution is 6.31. The molecule has 2 nitrogen and oxygen atoms in total. The van der Waals surface area contributed by atoms with Gasteiger partial charge in [0.2, 0.25) is 0 Å². The third kappa shape index (κ3) is 3.33. The van der Waals surface area contributed by atoms with Crippen LogP contribution in [-0.4, -0.2) is 6.54 Å². The normalized spacial score (nSPS) is 12.3. The van der Waals surface area contributed by atoms with Gasteiger partial charge in [-0.15, -0.1) is 0 Å². The van der Waals surface area contributed by atoms with Crippen molar-refractivity contribution in [1.29, 1.82) is 0 Å². The van der Waals surface area contributed by atoms with Crippen molar-refractivity contribution in [3.63, 3.8) is 0 Å². The van der Waals surface area contributed by atoms with Crippen LogP contribution in [0, 0.1) is 0 Å². The molecule has 0 saturated heterocycles. The highest BCUT2D eigenvalue weighted by Crippen LogP contribution is 2.25. The Morgan fingerprint density at radius 2 is 1.67 bits per heavy atom. The molecule has 0 spiro atoms. The van der Waals surface area contributed by atoms with Crippen molar-refractivity contribution in [2.75, 3.05) is 6.54 Å². The van der Waals surface area contributed by atoms with Crippen molar-refractivity contribution < 1.29 is 4.74 Å². The molecule has 1 unspecified atom stereocenters. The fraction of sp³-hybridized carbons (Fsp3) is 0.200. The molecular weight excluding hydrogens is 246 g/mol. The van der Waals surface area contributed by atoms with Crippen molar-refractivity contribution in [2.24, 2.45) is 5.73 Å². The van der Waals surface area contributed by atoms with Gasteiger partial charge in [0, 0.05) is 17.1 Å². The summed E-state index contributed by atoms with van der Waals surface area (Å²) in [7, 11) is 0. The van der Waals surface area contributed by atoms with Crippen molar-refractivity contribution >= 4 is 11.6 Å². The summed E-state index contributed by atoms with van der Waals surface area (Å²) in [4.78, 5) is 0. The van der Waals surface area contributed by atoms with Gasteiger partial charge in [-0.1, -0.05) is 60.1 Å². The van der Waals surface area contributed by atoms with Crippen LogP contribution in [0.3, 0.4) is 0 Å². The third-order valence-corrected chi connectivity index (χ3v) is 3.10. The van der Waals surface area contributed by atoms with Gasteiger partial charge in [0.1, 0.15) is 0 Å². The first-order valence-corrected chi connectivity index (χ1v) is 6.29. The summed E-state index contributed by atoms with van der Waals surface area (Å²) in [6, 6.07) is 17.7. The average Bonchev–Trinajstić information content (AvgIpc) is 2.42. The van der Waals surface area contributed by atoms with E-state index in [-0.39, 0.29) is 6.10 Å². The highest BCUT2D eigenvalue weighted by atomic mass is 35.5. The third-order valence-electron chi connectivity index (χ3n) is 2.76. The van der Waals surface area contributed by atoms with Crippen molar-refractivity contribution in [1.82, 2.24) is 0 Å². The first-order valence-electron chi connectivity index (χ1n) is 5.91. The fourth-order valence-electron chi connectivity index (χ4n) is 1.79. The number of benzene rings is 2. The average molecular weight is 262 g/mol. The zero-order chi connectivity index (χ0) is 12.8. The fourth-order valence-corrected chi connectivity index (χ4v) is 2.05. The maximum Gasteiger partial charge on any atom is 0.0965 e. The summed E-state index contributed by atoms with van der Waals surface area (Å²) in [6.45, 7) is 0.949. The molecule has 2 aromatic rings. The summed E-state index contributed by atoms with van der Waals surface area (Å²) >= 11 is 6.14. The van der Waals surface area contributed by atoms with Crippen LogP contribution in [0.15, 0.2) is 54.6 Å². The minimum atomic E-state index is -0.168. The standard InChI is InChI=1S/C15H16ClNO/c16-14-9-5-4-8-13(14)15(10-17)18-11-12-6-2-1-3-7-12/h1-9,15H,10-11,17H2. The molecule has 0 heterocycles. The van der Waals surface area contributed by atoms with Crippen molar-refractivity contribution in [2.45, 2.75) is 12.7 Å². The van der Waals surface area contributed by atoms with Gasteiger partial charge in [0.15, 0.2) is 0 Å². The molecule has 3 heteroatoms. The second kappa shape index (κ2) is 6.55. The summed E-state index contributed by atoms with van der Waals surface area (Å²) in [5.74, 6) is 0. The Morgan fingerprint density at radius 1 is 1.00 bits per heavy atom. The summed E-state index contributed by atoms with van der Waals surface area (Å²) in [6.07, 6.45) is -0.168. The second-order valence-corrected chi connectivity index (χ2v) is 4.45. The predicted molar refractivity (Wildman–Crippen MR) is 74.5 cm³/mol. The van der Waals surface area contributed by atoms with E-state index < -0.39 is 0 Å². The van der Waals surface area contributed by atoms with Gasteiger partial charge in [-0.25, -0.2) is 0 Å². The molecule has 2 N–H and O–H groups in total. The highest BCUT2D eigenvalue weighted by Gasteiger charge is 2.13. The lowest BCUT2D eigenvalue weighted by Crippen LogP contribution is -2.16. The van der Waals surface area contributed by atoms with Gasteiger partial charge in [-0.2, -0.15) is 0 Å². The second-order valence-electron chi connectivity index (χ2n) is 4.04. The van der Waals surface area contributed by atoms with Gasteiger partial charge in [0.05, 0.1) is 12.7 Å². The van der Waals surface area contributed by atoms with Crippen LogP contribution in [-0.2, 0) is 11.3 Å². The van der Waals surface area contributed by atoms with Crippen LogP contribution < -0.4 is 5.73 Å². The quantitative estimate of drug-likeness (QED) is 0.893. The zero-order valence-electron chi connectivity index (χ0n) is 10.1. The SMILES string of the molecule is NCC(OCc1ccccc1)c1ccccc1Cl. The van der Waals surface area contributed by atoms with Crippen LogP contribution in [0.1, 0.15) is 17.2 Å². The molecule has 2 rings (SSSR count). The summed E-state index contributed by atoms with van der Waals surface area (Å²) in [5, 5.41) is 0.695. The van der Waals surface area contributed by atoms with E-state index in [9.17, 15) is 0 Å². The molecule has 1 atom stereocenters. The predicted octanol–water partition coefficient (Wildman–Crippen LogP) is 3.56. The molecule has 0 aliphatic heterocycles. The Labute approximate surface area is 112 Å². The Morgan fingerprint density at radius 3 is 2.33 bits per heavy atom. The van der Waals surface area contributed by atoms with E-state index in [1.165, 1.54) is 0 Å². The molecule has 0 amide bonds. The number of nitrogens with two attached hydrogens (primary N) is 1. The van der Waals surface area contributed by atoms with E-state index >= 15 is 0 Å². The molecular formula is C15H16ClNO. The topological polar surface area (TPSA) is 35.2 Å². The Kier molecular flexibility index (Phi) is 4.76. The molecule has 0 saturated carbocycles. The number of hydrogen-bond acceptors (Lipinski definition) is 2. The van der Waals surface area contributed by atoms with Gasteiger partial charge < -0.3 is 10.5 Å². The number of ether oxygens (including phenoxy) is 1. The first-order chi connectivity index (χ1) is 8.81. The van der Waals surface area contributed by atoms with E-state index in [0.29, 0.717) is 18.2 Å². The Balaban J connectivity index is 2.04. The molecule has 0 aliphatic carbocycles. The smallest absolute Gasteiger partial charge is 0.0965 e. The summed E-state index contributed by atoms with van der Waals surface area (Å²) < 4.78 is 5.83. The van der Waals surface area contributed by atoms with Crippen LogP contribution in [0.4, 0.5) is 0 Å². The van der Waals surface area contributed by atoms with Gasteiger partial charge in [-0.3, -0.25) is 0 Å². The number of halogens is 1. The van der Waals surface area contributed by atoms with Gasteiger partial charge in [0.25, 0.3) is 0 Å². The molecule has 18 heavy (non-hydrogen) atoms. The van der Waals surface area contributed by atoms with Gasteiger partial charge in [-0.05, 0) is 11.6 Å². The summed E-state index contributed by atoms with van der Waals surface area (Å²) in [5.41, 5.74) is 7.82. The molecule has 0 bridgehead atoms. The van der Waals surface area contributed by atoms with E-state index in [4.69, 9.17) is 22.1 Å². The van der Waals surface area contributed by atoms with Crippen molar-refractivity contribution in [3.05, 3.63) is 70.7 Å². The Bertz CT molecular complexity index is 487. The molecule has 0 radical (unpaired) electrons. The van der Waals surface area contributed by atoms with Crippen LogP contribution in [0.25, 0.3) is 0 Å². The van der Waals surface area contributed by atoms with Crippen molar-refractivity contribution in [3.8, 4) is 0 Å².